The quantitative estimate of drug-likeness (QED) is 0.626. The summed E-state index contributed by atoms with van der Waals surface area (Å²) in [7, 11) is 0. The molecular formula is C20H18BrN5O3. The molecule has 8 nitrogen and oxygen atoms in total. The SMILES string of the molecule is N#Cc1cnn2cc(Br)cc2c1N[C@@H]1CN(C(=O)OCc2ccccc2)C[C@H]1O. The first-order valence-electron chi connectivity index (χ1n) is 9.02. The average Bonchev–Trinajstić information content (AvgIpc) is 3.29. The summed E-state index contributed by atoms with van der Waals surface area (Å²) in [4.78, 5) is 13.9. The first kappa shape index (κ1) is 19.2. The first-order valence-corrected chi connectivity index (χ1v) is 9.81. The zero-order chi connectivity index (χ0) is 20.4. The minimum Gasteiger partial charge on any atom is -0.445 e. The van der Waals surface area contributed by atoms with Gasteiger partial charge in [-0.3, -0.25) is 0 Å². The van der Waals surface area contributed by atoms with Gasteiger partial charge < -0.3 is 20.1 Å². The number of benzene rings is 1. The normalized spacial score (nSPS) is 18.6. The number of anilines is 1. The molecule has 0 spiro atoms. The van der Waals surface area contributed by atoms with Crippen LogP contribution in [0.15, 0.2) is 53.3 Å². The molecule has 3 heterocycles. The highest BCUT2D eigenvalue weighted by molar-refractivity contribution is 9.10. The second-order valence-corrected chi connectivity index (χ2v) is 7.71. The molecule has 0 saturated carbocycles. The van der Waals surface area contributed by atoms with E-state index in [0.717, 1.165) is 10.0 Å². The molecule has 1 aliphatic rings. The molecule has 2 atom stereocenters. The Bertz CT molecular complexity index is 1080. The highest BCUT2D eigenvalue weighted by Gasteiger charge is 2.35. The van der Waals surface area contributed by atoms with E-state index in [9.17, 15) is 15.2 Å². The summed E-state index contributed by atoms with van der Waals surface area (Å²) in [5.41, 5.74) is 2.53. The zero-order valence-corrected chi connectivity index (χ0v) is 16.9. The number of hydrogen-bond acceptors (Lipinski definition) is 6. The lowest BCUT2D eigenvalue weighted by molar-refractivity contribution is 0.0971. The van der Waals surface area contributed by atoms with Gasteiger partial charge in [-0.25, -0.2) is 9.31 Å². The van der Waals surface area contributed by atoms with Gasteiger partial charge in [0, 0.05) is 17.2 Å². The van der Waals surface area contributed by atoms with Crippen LogP contribution in [0.1, 0.15) is 11.1 Å². The molecule has 1 aliphatic heterocycles. The second kappa shape index (κ2) is 8.11. The number of carbonyl (C=O) groups excluding carboxylic acids is 1. The standard InChI is InChI=1S/C20H18BrN5O3/c21-15-6-17-19(14(7-22)8-23-26(17)9-15)24-16-10-25(11-18(16)27)20(28)29-12-13-4-2-1-3-5-13/h1-6,8-9,16,18,24,27H,10-12H2/t16-,18-/m1/s1. The molecule has 0 unspecified atom stereocenters. The molecule has 3 aromatic rings. The maximum Gasteiger partial charge on any atom is 0.410 e. The number of rotatable bonds is 4. The minimum atomic E-state index is -0.794. The molecule has 2 N–H and O–H groups in total. The average molecular weight is 456 g/mol. The summed E-state index contributed by atoms with van der Waals surface area (Å²) in [5.74, 6) is 0. The van der Waals surface area contributed by atoms with Crippen molar-refractivity contribution in [3.8, 4) is 6.07 Å². The van der Waals surface area contributed by atoms with Gasteiger partial charge in [0.25, 0.3) is 0 Å². The number of carbonyl (C=O) groups is 1. The monoisotopic (exact) mass is 455 g/mol. The Labute approximate surface area is 175 Å². The van der Waals surface area contributed by atoms with Crippen molar-refractivity contribution in [3.05, 3.63) is 64.4 Å². The lowest BCUT2D eigenvalue weighted by Crippen LogP contribution is -2.33. The summed E-state index contributed by atoms with van der Waals surface area (Å²) >= 11 is 3.40. The predicted molar refractivity (Wildman–Crippen MR) is 109 cm³/mol. The molecule has 1 amide bonds. The smallest absolute Gasteiger partial charge is 0.410 e. The number of ether oxygens (including phenoxy) is 1. The number of nitriles is 1. The van der Waals surface area contributed by atoms with Gasteiger partial charge in [-0.05, 0) is 27.6 Å². The summed E-state index contributed by atoms with van der Waals surface area (Å²) in [6, 6.07) is 12.9. The topological polar surface area (TPSA) is 103 Å². The van der Waals surface area contributed by atoms with Gasteiger partial charge >= 0.3 is 6.09 Å². The van der Waals surface area contributed by atoms with Gasteiger partial charge in [0.1, 0.15) is 12.7 Å². The van der Waals surface area contributed by atoms with Gasteiger partial charge in [0.15, 0.2) is 0 Å². The minimum absolute atomic E-state index is 0.152. The molecule has 0 aliphatic carbocycles. The Morgan fingerprint density at radius 2 is 2.17 bits per heavy atom. The molecule has 148 valence electrons. The molecule has 29 heavy (non-hydrogen) atoms. The van der Waals surface area contributed by atoms with Crippen molar-refractivity contribution in [2.24, 2.45) is 0 Å². The van der Waals surface area contributed by atoms with E-state index in [4.69, 9.17) is 4.74 Å². The van der Waals surface area contributed by atoms with Gasteiger partial charge in [-0.2, -0.15) is 10.4 Å². The Morgan fingerprint density at radius 3 is 2.93 bits per heavy atom. The molecular weight excluding hydrogens is 438 g/mol. The second-order valence-electron chi connectivity index (χ2n) is 6.80. The fourth-order valence-corrected chi connectivity index (χ4v) is 3.75. The largest absolute Gasteiger partial charge is 0.445 e. The van der Waals surface area contributed by atoms with E-state index in [-0.39, 0.29) is 19.7 Å². The van der Waals surface area contributed by atoms with E-state index < -0.39 is 18.2 Å². The molecule has 9 heteroatoms. The summed E-state index contributed by atoms with van der Waals surface area (Å²) < 4.78 is 7.81. The molecule has 2 aromatic heterocycles. The summed E-state index contributed by atoms with van der Waals surface area (Å²) in [6.07, 6.45) is 1.97. The van der Waals surface area contributed by atoms with Crippen molar-refractivity contribution in [3.63, 3.8) is 0 Å². The van der Waals surface area contributed by atoms with Gasteiger partial charge in [0.2, 0.25) is 0 Å². The predicted octanol–water partition coefficient (Wildman–Crippen LogP) is 2.76. The van der Waals surface area contributed by atoms with E-state index >= 15 is 0 Å². The summed E-state index contributed by atoms with van der Waals surface area (Å²) in [6.45, 7) is 0.585. The highest BCUT2D eigenvalue weighted by atomic mass is 79.9. The molecule has 1 fully saturated rings. The van der Waals surface area contributed by atoms with Gasteiger partial charge in [-0.15, -0.1) is 0 Å². The lowest BCUT2D eigenvalue weighted by atomic mass is 10.1. The van der Waals surface area contributed by atoms with Gasteiger partial charge in [0.05, 0.1) is 41.7 Å². The van der Waals surface area contributed by atoms with E-state index in [0.29, 0.717) is 16.8 Å². The van der Waals surface area contributed by atoms with Crippen molar-refractivity contribution in [2.45, 2.75) is 18.8 Å². The highest BCUT2D eigenvalue weighted by Crippen LogP contribution is 2.27. The number of likely N-dealkylation sites (tertiary alicyclic amines) is 1. The Hall–Kier alpha value is -3.09. The van der Waals surface area contributed by atoms with Crippen molar-refractivity contribution >= 4 is 33.2 Å². The number of aromatic nitrogens is 2. The van der Waals surface area contributed by atoms with E-state index in [2.05, 4.69) is 32.4 Å². The first-order chi connectivity index (χ1) is 14.0. The Morgan fingerprint density at radius 1 is 1.38 bits per heavy atom. The van der Waals surface area contributed by atoms with Crippen LogP contribution in [-0.2, 0) is 11.3 Å². The number of β-amino-alcohol motifs (C(OH)–C–C–N with tert-alkyl or cyclic N) is 1. The van der Waals surface area contributed by atoms with Crippen LogP contribution in [-0.4, -0.2) is 50.9 Å². The third-order valence-corrected chi connectivity index (χ3v) is 5.24. The van der Waals surface area contributed by atoms with Crippen molar-refractivity contribution in [1.82, 2.24) is 14.5 Å². The van der Waals surface area contributed by atoms with Crippen LogP contribution in [0.5, 0.6) is 0 Å². The third-order valence-electron chi connectivity index (χ3n) is 4.81. The summed E-state index contributed by atoms with van der Waals surface area (Å²) in [5, 5.41) is 27.3. The van der Waals surface area contributed by atoms with Gasteiger partial charge in [-0.1, -0.05) is 30.3 Å². The molecule has 1 saturated heterocycles. The van der Waals surface area contributed by atoms with E-state index in [1.54, 1.807) is 10.7 Å². The van der Waals surface area contributed by atoms with Crippen molar-refractivity contribution < 1.29 is 14.6 Å². The number of halogens is 1. The van der Waals surface area contributed by atoms with Crippen molar-refractivity contribution in [1.29, 1.82) is 5.26 Å². The fraction of sp³-hybridized carbons (Fsp3) is 0.250. The Kier molecular flexibility index (Phi) is 5.38. The van der Waals surface area contributed by atoms with Crippen LogP contribution in [0.4, 0.5) is 10.5 Å². The maximum atomic E-state index is 12.4. The molecule has 0 bridgehead atoms. The third kappa shape index (κ3) is 4.04. The van der Waals surface area contributed by atoms with E-state index in [1.807, 2.05) is 36.4 Å². The molecule has 0 radical (unpaired) electrons. The van der Waals surface area contributed by atoms with Crippen LogP contribution in [0.2, 0.25) is 0 Å². The van der Waals surface area contributed by atoms with Crippen LogP contribution in [0.3, 0.4) is 0 Å². The lowest BCUT2D eigenvalue weighted by Gasteiger charge is -2.19. The van der Waals surface area contributed by atoms with Crippen LogP contribution < -0.4 is 5.32 Å². The number of nitrogens with zero attached hydrogens (tertiary/aromatic N) is 4. The number of amides is 1. The zero-order valence-electron chi connectivity index (χ0n) is 15.3. The Balaban J connectivity index is 1.46. The number of nitrogens with one attached hydrogen (secondary N) is 1. The fourth-order valence-electron chi connectivity index (χ4n) is 3.34. The molecule has 4 rings (SSSR count). The number of aliphatic hydroxyl groups is 1. The van der Waals surface area contributed by atoms with Crippen molar-refractivity contribution in [2.75, 3.05) is 18.4 Å². The number of hydrogen-bond donors (Lipinski definition) is 2. The van der Waals surface area contributed by atoms with Crippen LogP contribution >= 0.6 is 15.9 Å². The van der Waals surface area contributed by atoms with Crippen LogP contribution in [0.25, 0.3) is 5.52 Å². The molecule has 1 aromatic carbocycles. The maximum absolute atomic E-state index is 12.4. The van der Waals surface area contributed by atoms with E-state index in [1.165, 1.54) is 11.1 Å². The van der Waals surface area contributed by atoms with Crippen LogP contribution in [0, 0.1) is 11.3 Å². The number of aliphatic hydroxyl groups excluding tert-OH is 1. The number of fused-ring (bicyclic) bond motifs is 1.